The summed E-state index contributed by atoms with van der Waals surface area (Å²) >= 11 is 0. The smallest absolute Gasteiger partial charge is 0.295 e. The number of para-hydroxylation sites is 1. The van der Waals surface area contributed by atoms with Crippen molar-refractivity contribution in [2.75, 3.05) is 137 Å². The summed E-state index contributed by atoms with van der Waals surface area (Å²) in [6, 6.07) is 20.3. The highest BCUT2D eigenvalue weighted by Gasteiger charge is 2.53. The van der Waals surface area contributed by atoms with Crippen molar-refractivity contribution in [2.45, 2.75) is 132 Å². The molecule has 10 aliphatic rings. The van der Waals surface area contributed by atoms with Crippen molar-refractivity contribution in [3.05, 3.63) is 83.7 Å². The third-order valence-electron chi connectivity index (χ3n) is 19.9. The third kappa shape index (κ3) is 17.2. The fourth-order valence-electron chi connectivity index (χ4n) is 16.6. The van der Waals surface area contributed by atoms with Gasteiger partial charge in [-0.15, -0.1) is 0 Å². The molecule has 8 saturated carbocycles. The van der Waals surface area contributed by atoms with Crippen LogP contribution in [0.3, 0.4) is 0 Å². The van der Waals surface area contributed by atoms with Gasteiger partial charge < -0.3 is 56.7 Å². The van der Waals surface area contributed by atoms with Gasteiger partial charge in [-0.05, 0) is 182 Å². The highest BCUT2D eigenvalue weighted by molar-refractivity contribution is 7.89. The van der Waals surface area contributed by atoms with Gasteiger partial charge in [0.25, 0.3) is 10.1 Å². The molecule has 0 atom stereocenters. The molecule has 0 unspecified atom stereocenters. The number of anilines is 1. The minimum atomic E-state index is -5.03. The number of fused-ring (bicyclic) bond motifs is 2. The molecule has 19 nitrogen and oxygen atoms in total. The van der Waals surface area contributed by atoms with Crippen LogP contribution < -0.4 is 29.0 Å². The van der Waals surface area contributed by atoms with Gasteiger partial charge in [-0.2, -0.15) is 8.42 Å². The molecule has 1 aliphatic heterocycles. The van der Waals surface area contributed by atoms with Gasteiger partial charge in [0.05, 0.1) is 120 Å². The molecule has 0 amide bonds. The first-order valence-corrected chi connectivity index (χ1v) is 36.6. The van der Waals surface area contributed by atoms with Crippen LogP contribution in [0.1, 0.15) is 110 Å². The molecular weight excluding hydrogens is 1200 g/mol. The van der Waals surface area contributed by atoms with Gasteiger partial charge in [-0.25, -0.2) is 17.7 Å². The van der Waals surface area contributed by atoms with Gasteiger partial charge in [0.1, 0.15) is 48.5 Å². The lowest BCUT2D eigenvalue weighted by Crippen LogP contribution is -2.52. The summed E-state index contributed by atoms with van der Waals surface area (Å²) in [6.07, 6.45) is 15.7. The molecule has 8 bridgehead atoms. The molecule has 9 aliphatic carbocycles. The average Bonchev–Trinajstić information content (AvgIpc) is 0.774. The van der Waals surface area contributed by atoms with Gasteiger partial charge in [0, 0.05) is 53.8 Å². The molecule has 3 aromatic carbocycles. The first-order chi connectivity index (χ1) is 44.1. The SMILES string of the molecule is CCN(CC)c1cccc2c(-c3ccc(S(=O)(=O)NCc4cc(OCCOCCOCCOCCOC56CC7CC(CC(C7)C5)C6)cc(OCCOCCOCCOCCOC56CC7CC(CC(C7)C5)C6)c4)cc3S(=O)(=O)O)c3ccc(=[N+](CC)CC)cc-3oc12. The number of hydrogen-bond acceptors (Lipinski definition) is 16. The van der Waals surface area contributed by atoms with E-state index in [1.54, 1.807) is 18.2 Å². The lowest BCUT2D eigenvalue weighted by atomic mass is 9.54. The first-order valence-electron chi connectivity index (χ1n) is 33.7. The van der Waals surface area contributed by atoms with Crippen LogP contribution in [-0.4, -0.2) is 164 Å². The monoisotopic (exact) mass is 1300 g/mol. The maximum absolute atomic E-state index is 14.3. The Bertz CT molecular complexity index is 3310. The molecular formula is C70H98N3O16S2+. The Labute approximate surface area is 538 Å². The maximum atomic E-state index is 14.3. The molecule has 500 valence electrons. The van der Waals surface area contributed by atoms with Gasteiger partial charge in [0.15, 0.2) is 5.58 Å². The van der Waals surface area contributed by atoms with Crippen LogP contribution in [0.4, 0.5) is 5.69 Å². The minimum absolute atomic E-state index is 0.0857. The van der Waals surface area contributed by atoms with Crippen molar-refractivity contribution in [3.8, 4) is 33.9 Å². The summed E-state index contributed by atoms with van der Waals surface area (Å²) in [5, 5.41) is 1.51. The predicted octanol–water partition coefficient (Wildman–Crippen LogP) is 10.4. The number of hydrogen-bond donors (Lipinski definition) is 2. The Morgan fingerprint density at radius 2 is 0.989 bits per heavy atom. The zero-order valence-corrected chi connectivity index (χ0v) is 55.6. The van der Waals surface area contributed by atoms with E-state index in [9.17, 15) is 21.4 Å². The Morgan fingerprint density at radius 3 is 1.44 bits per heavy atom. The topological polar surface area (TPSA) is 212 Å². The number of rotatable bonds is 39. The number of benzene rings is 4. The van der Waals surface area contributed by atoms with Gasteiger partial charge >= 0.3 is 0 Å². The van der Waals surface area contributed by atoms with E-state index in [-0.39, 0.29) is 54.6 Å². The van der Waals surface area contributed by atoms with E-state index in [2.05, 4.69) is 28.0 Å². The van der Waals surface area contributed by atoms with Crippen molar-refractivity contribution in [1.29, 1.82) is 0 Å². The molecule has 21 heteroatoms. The summed E-state index contributed by atoms with van der Waals surface area (Å²) in [5.74, 6) is 6.42. The molecule has 13 rings (SSSR count). The Hall–Kier alpha value is -4.75. The van der Waals surface area contributed by atoms with Crippen LogP contribution in [0.2, 0.25) is 0 Å². The average molecular weight is 1300 g/mol. The fourth-order valence-corrected chi connectivity index (χ4v) is 18.4. The van der Waals surface area contributed by atoms with Crippen LogP contribution in [0, 0.1) is 35.5 Å². The van der Waals surface area contributed by atoms with Crippen LogP contribution in [0.5, 0.6) is 11.5 Å². The number of ether oxygens (including phenoxy) is 10. The van der Waals surface area contributed by atoms with E-state index < -0.39 is 25.0 Å². The van der Waals surface area contributed by atoms with Gasteiger partial charge in [-0.1, -0.05) is 18.2 Å². The first kappa shape index (κ1) is 67.7. The predicted molar refractivity (Wildman–Crippen MR) is 348 cm³/mol. The Kier molecular flexibility index (Phi) is 23.2. The lowest BCUT2D eigenvalue weighted by Gasteiger charge is -2.56. The third-order valence-corrected chi connectivity index (χ3v) is 22.2. The molecule has 2 N–H and O–H groups in total. The quantitative estimate of drug-likeness (QED) is 0.0162. The van der Waals surface area contributed by atoms with Crippen molar-refractivity contribution in [2.24, 2.45) is 35.5 Å². The van der Waals surface area contributed by atoms with E-state index in [1.165, 1.54) is 89.2 Å². The molecule has 0 aromatic heterocycles. The second-order valence-corrected chi connectivity index (χ2v) is 29.4. The molecule has 91 heavy (non-hydrogen) atoms. The summed E-state index contributed by atoms with van der Waals surface area (Å²) in [7, 11) is -9.45. The van der Waals surface area contributed by atoms with E-state index >= 15 is 0 Å². The lowest BCUT2D eigenvalue weighted by molar-refractivity contribution is -0.169. The van der Waals surface area contributed by atoms with Crippen LogP contribution >= 0.6 is 0 Å². The molecule has 3 aromatic rings. The van der Waals surface area contributed by atoms with Crippen LogP contribution in [-0.2, 0) is 64.6 Å². The van der Waals surface area contributed by atoms with Crippen molar-refractivity contribution >= 4 is 36.8 Å². The summed E-state index contributed by atoms with van der Waals surface area (Å²) in [5.41, 5.74) is 3.16. The zero-order valence-electron chi connectivity index (χ0n) is 54.0. The van der Waals surface area contributed by atoms with Crippen molar-refractivity contribution in [3.63, 3.8) is 0 Å². The number of nitrogens with one attached hydrogen (secondary N) is 1. The molecule has 1 heterocycles. The second-order valence-electron chi connectivity index (χ2n) is 26.2. The van der Waals surface area contributed by atoms with Crippen LogP contribution in [0.15, 0.2) is 87.0 Å². The highest BCUT2D eigenvalue weighted by Crippen LogP contribution is 2.58. The van der Waals surface area contributed by atoms with Crippen LogP contribution in [0.25, 0.3) is 33.4 Å². The maximum Gasteiger partial charge on any atom is 0.295 e. The minimum Gasteiger partial charge on any atom is -0.491 e. The molecule has 8 fully saturated rings. The summed E-state index contributed by atoms with van der Waals surface area (Å²) < 4.78 is 138. The van der Waals surface area contributed by atoms with E-state index in [1.807, 2.05) is 50.2 Å². The number of sulfonamides is 1. The zero-order chi connectivity index (χ0) is 63.4. The highest BCUT2D eigenvalue weighted by atomic mass is 32.2. The van der Waals surface area contributed by atoms with Gasteiger partial charge in [0.2, 0.25) is 15.4 Å². The molecule has 0 radical (unpaired) electrons. The standard InChI is InChI=1S/C70H97N3O16S2/c1-5-72(6-2)57-12-14-61-65(40-57)89-68-63(10-9-11-64(68)73(7-3)8-4)67(61)62-15-13-60(42-66(62)91(76,77)78)90(74,75)71-49-56-38-58(85-28-24-81-20-16-79-18-22-83-26-30-87-69-43-50-32-51(44-69)34-52(33-50)45-69)41-59(39-56)86-29-25-82-21-17-80-19-23-84-27-31-88-70-46-53-35-54(47-70)37-55(36-53)48-70/h9-15,38-42,50-55,71H,5-8,16-37,43-49H2,1-4H3/p+1. The second kappa shape index (κ2) is 31.2. The molecule has 0 spiro atoms. The summed E-state index contributed by atoms with van der Waals surface area (Å²) in [4.78, 5) is 1.20. The van der Waals surface area contributed by atoms with E-state index in [0.717, 1.165) is 65.7 Å². The Morgan fingerprint density at radius 1 is 0.538 bits per heavy atom. The fraction of sp³-hybridized carbons (Fsp3) is 0.643. The summed E-state index contributed by atoms with van der Waals surface area (Å²) in [6.45, 7) is 17.5. The largest absolute Gasteiger partial charge is 0.491 e. The van der Waals surface area contributed by atoms with Crippen molar-refractivity contribution in [1.82, 2.24) is 9.30 Å². The Balaban J connectivity index is 0.688. The molecule has 0 saturated heterocycles. The normalized spacial score (nSPS) is 24.1. The van der Waals surface area contributed by atoms with E-state index in [4.69, 9.17) is 51.8 Å². The van der Waals surface area contributed by atoms with E-state index in [0.29, 0.717) is 137 Å². The number of nitrogens with zero attached hydrogens (tertiary/aromatic N) is 2. The van der Waals surface area contributed by atoms with Crippen molar-refractivity contribution < 1.29 is 73.2 Å². The van der Waals surface area contributed by atoms with Gasteiger partial charge in [-0.3, -0.25) is 4.55 Å².